The van der Waals surface area contributed by atoms with Gasteiger partial charge >= 0.3 is 0 Å². The molecule has 3 aromatic carbocycles. The molecule has 164 valence electrons. The lowest BCUT2D eigenvalue weighted by Gasteiger charge is -2.15. The first-order chi connectivity index (χ1) is 15.5. The van der Waals surface area contributed by atoms with Crippen molar-refractivity contribution in [1.82, 2.24) is 10.6 Å². The average molecular weight is 431 g/mol. The number of rotatable bonds is 8. The molecule has 0 aliphatic heterocycles. The van der Waals surface area contributed by atoms with Gasteiger partial charge in [-0.15, -0.1) is 0 Å². The Kier molecular flexibility index (Phi) is 7.59. The van der Waals surface area contributed by atoms with E-state index in [0.29, 0.717) is 22.5 Å². The van der Waals surface area contributed by atoms with E-state index >= 15 is 0 Å². The van der Waals surface area contributed by atoms with Gasteiger partial charge in [-0.25, -0.2) is 0 Å². The summed E-state index contributed by atoms with van der Waals surface area (Å²) in [6.45, 7) is 1.94. The van der Waals surface area contributed by atoms with E-state index in [0.717, 1.165) is 5.56 Å². The van der Waals surface area contributed by atoms with E-state index in [1.54, 1.807) is 55.6 Å². The lowest BCUT2D eigenvalue weighted by atomic mass is 10.1. The fourth-order valence-corrected chi connectivity index (χ4v) is 3.15. The lowest BCUT2D eigenvalue weighted by Crippen LogP contribution is -2.27. The van der Waals surface area contributed by atoms with Gasteiger partial charge in [0.15, 0.2) is 0 Å². The van der Waals surface area contributed by atoms with Crippen molar-refractivity contribution in [1.29, 1.82) is 0 Å². The number of hydrogen-bond acceptors (Lipinski definition) is 4. The number of carbonyl (C=O) groups is 3. The third kappa shape index (κ3) is 6.18. The molecule has 1 unspecified atom stereocenters. The van der Waals surface area contributed by atoms with E-state index in [1.165, 1.54) is 0 Å². The first-order valence-electron chi connectivity index (χ1n) is 10.3. The second kappa shape index (κ2) is 10.8. The van der Waals surface area contributed by atoms with Crippen molar-refractivity contribution in [2.75, 3.05) is 24.2 Å². The van der Waals surface area contributed by atoms with Gasteiger partial charge in [0.05, 0.1) is 12.6 Å². The molecule has 0 fully saturated rings. The van der Waals surface area contributed by atoms with Crippen LogP contribution in [0.3, 0.4) is 0 Å². The van der Waals surface area contributed by atoms with Gasteiger partial charge in [0.1, 0.15) is 0 Å². The standard InChI is InChI=1S/C25H26N4O3/c1-17(18-8-4-3-5-9-18)28-25(32)20-11-6-12-21(14-20)27-16-23(30)29-22-13-7-10-19(15-22)24(31)26-2/h3-15,17,27H,16H2,1-2H3,(H,26,31)(H,28,32)(H,29,30). The fourth-order valence-electron chi connectivity index (χ4n) is 3.15. The molecule has 3 rings (SSSR count). The molecule has 0 radical (unpaired) electrons. The van der Waals surface area contributed by atoms with Crippen LogP contribution in [0, 0.1) is 0 Å². The Morgan fingerprint density at radius 3 is 2.09 bits per heavy atom. The Balaban J connectivity index is 1.56. The Bertz CT molecular complexity index is 1100. The van der Waals surface area contributed by atoms with E-state index in [9.17, 15) is 14.4 Å². The van der Waals surface area contributed by atoms with Gasteiger partial charge in [0.25, 0.3) is 11.8 Å². The van der Waals surface area contributed by atoms with Crippen molar-refractivity contribution in [2.45, 2.75) is 13.0 Å². The number of nitrogens with one attached hydrogen (secondary N) is 4. The molecule has 0 heterocycles. The van der Waals surface area contributed by atoms with Crippen molar-refractivity contribution in [3.05, 3.63) is 95.6 Å². The molecule has 0 aromatic heterocycles. The number of carbonyl (C=O) groups excluding carboxylic acids is 3. The summed E-state index contributed by atoms with van der Waals surface area (Å²) in [5, 5.41) is 11.3. The van der Waals surface area contributed by atoms with E-state index in [4.69, 9.17) is 0 Å². The zero-order chi connectivity index (χ0) is 22.9. The zero-order valence-electron chi connectivity index (χ0n) is 18.0. The van der Waals surface area contributed by atoms with E-state index in [-0.39, 0.29) is 30.3 Å². The minimum atomic E-state index is -0.272. The third-order valence-corrected chi connectivity index (χ3v) is 4.86. The minimum absolute atomic E-state index is 0.00962. The summed E-state index contributed by atoms with van der Waals surface area (Å²) in [4.78, 5) is 36.7. The van der Waals surface area contributed by atoms with E-state index < -0.39 is 0 Å². The molecule has 3 amide bonds. The normalized spacial score (nSPS) is 11.2. The molecular weight excluding hydrogens is 404 g/mol. The predicted octanol–water partition coefficient (Wildman–Crippen LogP) is 3.59. The number of anilines is 2. The van der Waals surface area contributed by atoms with Crippen molar-refractivity contribution in [3.8, 4) is 0 Å². The summed E-state index contributed by atoms with van der Waals surface area (Å²) in [5.74, 6) is -0.692. The fraction of sp³-hybridized carbons (Fsp3) is 0.160. The maximum Gasteiger partial charge on any atom is 0.251 e. The Morgan fingerprint density at radius 1 is 0.781 bits per heavy atom. The molecule has 7 heteroatoms. The highest BCUT2D eigenvalue weighted by molar-refractivity contribution is 5.98. The van der Waals surface area contributed by atoms with Crippen molar-refractivity contribution < 1.29 is 14.4 Å². The van der Waals surface area contributed by atoms with Crippen LogP contribution in [0.1, 0.15) is 39.2 Å². The smallest absolute Gasteiger partial charge is 0.251 e. The maximum atomic E-state index is 12.6. The second-order valence-corrected chi connectivity index (χ2v) is 7.25. The van der Waals surface area contributed by atoms with Crippen molar-refractivity contribution in [3.63, 3.8) is 0 Å². The molecule has 0 saturated heterocycles. The summed E-state index contributed by atoms with van der Waals surface area (Å²) < 4.78 is 0. The second-order valence-electron chi connectivity index (χ2n) is 7.25. The van der Waals surface area contributed by atoms with Crippen LogP contribution in [-0.2, 0) is 4.79 Å². The van der Waals surface area contributed by atoms with Gasteiger partial charge in [0, 0.05) is 29.5 Å². The van der Waals surface area contributed by atoms with Gasteiger partial charge in [-0.2, -0.15) is 0 Å². The molecule has 0 saturated carbocycles. The largest absolute Gasteiger partial charge is 0.376 e. The van der Waals surface area contributed by atoms with Gasteiger partial charge in [-0.1, -0.05) is 42.5 Å². The first-order valence-corrected chi connectivity index (χ1v) is 10.3. The van der Waals surface area contributed by atoms with Crippen LogP contribution in [0.4, 0.5) is 11.4 Å². The van der Waals surface area contributed by atoms with Crippen LogP contribution >= 0.6 is 0 Å². The lowest BCUT2D eigenvalue weighted by molar-refractivity contribution is -0.114. The SMILES string of the molecule is CNC(=O)c1cccc(NC(=O)CNc2cccc(C(=O)NC(C)c3ccccc3)c2)c1. The van der Waals surface area contributed by atoms with E-state index in [1.807, 2.05) is 37.3 Å². The van der Waals surface area contributed by atoms with Gasteiger partial charge < -0.3 is 21.3 Å². The molecule has 32 heavy (non-hydrogen) atoms. The van der Waals surface area contributed by atoms with Crippen molar-refractivity contribution in [2.24, 2.45) is 0 Å². The highest BCUT2D eigenvalue weighted by atomic mass is 16.2. The van der Waals surface area contributed by atoms with Gasteiger partial charge in [-0.3, -0.25) is 14.4 Å². The molecular formula is C25H26N4O3. The number of amides is 3. The summed E-state index contributed by atoms with van der Waals surface area (Å²) in [6.07, 6.45) is 0. The summed E-state index contributed by atoms with van der Waals surface area (Å²) in [7, 11) is 1.55. The molecule has 0 bridgehead atoms. The monoisotopic (exact) mass is 430 g/mol. The minimum Gasteiger partial charge on any atom is -0.376 e. The van der Waals surface area contributed by atoms with Crippen LogP contribution in [-0.4, -0.2) is 31.3 Å². The molecule has 1 atom stereocenters. The molecule has 4 N–H and O–H groups in total. The highest BCUT2D eigenvalue weighted by Gasteiger charge is 2.12. The van der Waals surface area contributed by atoms with Crippen LogP contribution in [0.25, 0.3) is 0 Å². The molecule has 7 nitrogen and oxygen atoms in total. The van der Waals surface area contributed by atoms with Crippen LogP contribution in [0.2, 0.25) is 0 Å². The summed E-state index contributed by atoms with van der Waals surface area (Å²) in [6, 6.07) is 23.3. The Labute approximate surface area is 187 Å². The van der Waals surface area contributed by atoms with Crippen LogP contribution < -0.4 is 21.3 Å². The van der Waals surface area contributed by atoms with Crippen LogP contribution in [0.15, 0.2) is 78.9 Å². The molecule has 0 spiro atoms. The predicted molar refractivity (Wildman–Crippen MR) is 126 cm³/mol. The Hall–Kier alpha value is -4.13. The molecule has 0 aliphatic rings. The zero-order valence-corrected chi connectivity index (χ0v) is 18.0. The Morgan fingerprint density at radius 2 is 1.41 bits per heavy atom. The summed E-state index contributed by atoms with van der Waals surface area (Å²) in [5.41, 5.74) is 3.16. The summed E-state index contributed by atoms with van der Waals surface area (Å²) >= 11 is 0. The van der Waals surface area contributed by atoms with Crippen molar-refractivity contribution >= 4 is 29.1 Å². The van der Waals surface area contributed by atoms with Gasteiger partial charge in [0.2, 0.25) is 5.91 Å². The first kappa shape index (κ1) is 22.6. The quantitative estimate of drug-likeness (QED) is 0.439. The molecule has 0 aliphatic carbocycles. The highest BCUT2D eigenvalue weighted by Crippen LogP contribution is 2.15. The molecule has 3 aromatic rings. The third-order valence-electron chi connectivity index (χ3n) is 4.86. The van der Waals surface area contributed by atoms with Gasteiger partial charge in [-0.05, 0) is 48.9 Å². The number of benzene rings is 3. The topological polar surface area (TPSA) is 99.3 Å². The van der Waals surface area contributed by atoms with Crippen LogP contribution in [0.5, 0.6) is 0 Å². The maximum absolute atomic E-state index is 12.6. The number of hydrogen-bond donors (Lipinski definition) is 4. The van der Waals surface area contributed by atoms with E-state index in [2.05, 4.69) is 21.3 Å². The average Bonchev–Trinajstić information content (AvgIpc) is 2.83.